The molecule has 0 radical (unpaired) electrons. The number of benzene rings is 1. The molecule has 1 aromatic heterocycles. The van der Waals surface area contributed by atoms with Gasteiger partial charge in [0, 0.05) is 13.1 Å². The smallest absolute Gasteiger partial charge is 0.268 e. The van der Waals surface area contributed by atoms with Crippen LogP contribution >= 0.6 is 15.9 Å². The molecule has 26 heavy (non-hydrogen) atoms. The predicted octanol–water partition coefficient (Wildman–Crippen LogP) is 3.62. The van der Waals surface area contributed by atoms with Crippen molar-refractivity contribution < 1.29 is 30.4 Å². The first-order valence-electron chi connectivity index (χ1n) is 7.18. The lowest BCUT2D eigenvalue weighted by Crippen LogP contribution is -2.26. The summed E-state index contributed by atoms with van der Waals surface area (Å²) in [5.74, 6) is -2.48. The number of hydrogen-bond acceptors (Lipinski definition) is 3. The maximum absolute atomic E-state index is 13.1. The quantitative estimate of drug-likeness (QED) is 0.527. The summed E-state index contributed by atoms with van der Waals surface area (Å²) in [7, 11) is -4.07. The first-order valence-corrected chi connectivity index (χ1v) is 9.46. The van der Waals surface area contributed by atoms with Crippen molar-refractivity contribution in [2.75, 3.05) is 6.54 Å². The molecule has 12 heteroatoms. The van der Waals surface area contributed by atoms with Gasteiger partial charge in [-0.25, -0.2) is 21.9 Å². The monoisotopic (exact) mass is 461 g/mol. The topological polar surface area (TPSA) is 64.0 Å². The average Bonchev–Trinajstić information content (AvgIpc) is 2.82. The molecule has 2 rings (SSSR count). The first-order chi connectivity index (χ1) is 11.9. The fourth-order valence-corrected chi connectivity index (χ4v) is 3.68. The highest BCUT2D eigenvalue weighted by atomic mass is 79.9. The fraction of sp³-hybridized carbons (Fsp3) is 0.357. The number of halogens is 6. The van der Waals surface area contributed by atoms with Crippen molar-refractivity contribution in [1.82, 2.24) is 14.5 Å². The van der Waals surface area contributed by atoms with E-state index in [-0.39, 0.29) is 29.7 Å². The van der Waals surface area contributed by atoms with E-state index in [9.17, 15) is 30.4 Å². The summed E-state index contributed by atoms with van der Waals surface area (Å²) < 4.78 is 91.4. The van der Waals surface area contributed by atoms with Gasteiger partial charge in [-0.2, -0.15) is 18.3 Å². The maximum atomic E-state index is 13.1. The molecule has 0 fully saturated rings. The molecule has 2 aromatic rings. The van der Waals surface area contributed by atoms with E-state index in [1.165, 1.54) is 6.92 Å². The van der Waals surface area contributed by atoms with Crippen molar-refractivity contribution >= 4 is 26.0 Å². The molecule has 0 aliphatic heterocycles. The molecule has 0 amide bonds. The molecule has 0 saturated heterocycles. The predicted molar refractivity (Wildman–Crippen MR) is 85.8 cm³/mol. The number of alkyl halides is 3. The van der Waals surface area contributed by atoms with Gasteiger partial charge in [0.05, 0.1) is 15.1 Å². The van der Waals surface area contributed by atoms with Gasteiger partial charge in [0.2, 0.25) is 10.0 Å². The molecule has 1 aromatic carbocycles. The van der Waals surface area contributed by atoms with Gasteiger partial charge >= 0.3 is 6.18 Å². The van der Waals surface area contributed by atoms with E-state index in [0.29, 0.717) is 12.1 Å². The average molecular weight is 462 g/mol. The van der Waals surface area contributed by atoms with Crippen LogP contribution in [0.3, 0.4) is 0 Å². The van der Waals surface area contributed by atoms with Gasteiger partial charge in [0.15, 0.2) is 17.3 Å². The van der Waals surface area contributed by atoms with Crippen molar-refractivity contribution in [1.29, 1.82) is 0 Å². The van der Waals surface area contributed by atoms with Gasteiger partial charge in [0.25, 0.3) is 0 Å². The highest BCUT2D eigenvalue weighted by Gasteiger charge is 2.37. The second kappa shape index (κ2) is 7.61. The van der Waals surface area contributed by atoms with E-state index in [0.717, 1.165) is 10.7 Å². The summed E-state index contributed by atoms with van der Waals surface area (Å²) in [6.45, 7) is 1.35. The summed E-state index contributed by atoms with van der Waals surface area (Å²) >= 11 is 2.84. The molecule has 0 aliphatic rings. The Kier molecular flexibility index (Phi) is 6.08. The molecular formula is C14H13BrF5N3O2S. The van der Waals surface area contributed by atoms with Crippen LogP contribution in [0.1, 0.15) is 17.8 Å². The van der Waals surface area contributed by atoms with Crippen LogP contribution in [0.25, 0.3) is 0 Å². The van der Waals surface area contributed by atoms with Crippen LogP contribution in [0, 0.1) is 18.6 Å². The van der Waals surface area contributed by atoms with E-state index in [4.69, 9.17) is 0 Å². The lowest BCUT2D eigenvalue weighted by molar-refractivity contribution is -0.142. The highest BCUT2D eigenvalue weighted by molar-refractivity contribution is 9.10. The molecule has 1 N–H and O–H groups in total. The molecule has 1 heterocycles. The number of aryl methyl sites for hydroxylation is 1. The largest absolute Gasteiger partial charge is 0.436 e. The molecule has 0 unspecified atom stereocenters. The van der Waals surface area contributed by atoms with Gasteiger partial charge in [-0.15, -0.1) is 0 Å². The summed E-state index contributed by atoms with van der Waals surface area (Å²) in [5.41, 5.74) is -0.807. The van der Waals surface area contributed by atoms with Crippen LogP contribution in [0.2, 0.25) is 0 Å². The van der Waals surface area contributed by atoms with Gasteiger partial charge in [0.1, 0.15) is 0 Å². The third-order valence-electron chi connectivity index (χ3n) is 3.44. The Hall–Kier alpha value is -1.53. The molecule has 0 bridgehead atoms. The molecule has 0 saturated carbocycles. The van der Waals surface area contributed by atoms with Crippen molar-refractivity contribution in [3.05, 3.63) is 45.7 Å². The number of rotatable bonds is 6. The Morgan fingerprint density at radius 2 is 1.88 bits per heavy atom. The number of nitrogens with zero attached hydrogens (tertiary/aromatic N) is 2. The van der Waals surface area contributed by atoms with E-state index >= 15 is 0 Å². The molecule has 144 valence electrons. The number of aromatic nitrogens is 2. The summed E-state index contributed by atoms with van der Waals surface area (Å²) in [5, 5.41) is 3.47. The number of sulfonamides is 1. The van der Waals surface area contributed by atoms with Gasteiger partial charge in [-0.05, 0) is 47.5 Å². The SMILES string of the molecule is Cc1c(Br)c(C(F)(F)F)nn1CCCNS(=O)(=O)c1ccc(F)c(F)c1. The Morgan fingerprint density at radius 3 is 2.42 bits per heavy atom. The second-order valence-electron chi connectivity index (χ2n) is 5.30. The molecule has 0 atom stereocenters. The van der Waals surface area contributed by atoms with Gasteiger partial charge < -0.3 is 0 Å². The van der Waals surface area contributed by atoms with Crippen LogP contribution in [-0.2, 0) is 22.7 Å². The fourth-order valence-electron chi connectivity index (χ4n) is 2.09. The molecule has 5 nitrogen and oxygen atoms in total. The van der Waals surface area contributed by atoms with Crippen molar-refractivity contribution in [3.63, 3.8) is 0 Å². The third kappa shape index (κ3) is 4.60. The lowest BCUT2D eigenvalue weighted by Gasteiger charge is -2.08. The van der Waals surface area contributed by atoms with E-state index in [1.807, 2.05) is 0 Å². The zero-order valence-electron chi connectivity index (χ0n) is 13.2. The van der Waals surface area contributed by atoms with Crippen LogP contribution in [0.15, 0.2) is 27.6 Å². The number of nitrogens with one attached hydrogen (secondary N) is 1. The van der Waals surface area contributed by atoms with Crippen LogP contribution < -0.4 is 4.72 Å². The zero-order chi connectivity index (χ0) is 19.7. The van der Waals surface area contributed by atoms with Crippen molar-refractivity contribution in [2.24, 2.45) is 0 Å². The summed E-state index contributed by atoms with van der Waals surface area (Å²) in [6, 6.07) is 2.14. The van der Waals surface area contributed by atoms with Crippen LogP contribution in [-0.4, -0.2) is 24.7 Å². The Labute approximate surface area is 154 Å². The number of hydrogen-bond donors (Lipinski definition) is 1. The normalized spacial score (nSPS) is 12.6. The Bertz CT molecular complexity index is 912. The first kappa shape index (κ1) is 20.8. The molecular weight excluding hydrogens is 449 g/mol. The van der Waals surface area contributed by atoms with E-state index < -0.39 is 38.4 Å². The minimum atomic E-state index is -4.61. The van der Waals surface area contributed by atoms with Crippen molar-refractivity contribution in [3.8, 4) is 0 Å². The van der Waals surface area contributed by atoms with Crippen molar-refractivity contribution in [2.45, 2.75) is 31.0 Å². The van der Waals surface area contributed by atoms with Gasteiger partial charge in [-0.1, -0.05) is 0 Å². The Morgan fingerprint density at radius 1 is 1.23 bits per heavy atom. The zero-order valence-corrected chi connectivity index (χ0v) is 15.6. The maximum Gasteiger partial charge on any atom is 0.436 e. The van der Waals surface area contributed by atoms with E-state index in [1.54, 1.807) is 0 Å². The van der Waals surface area contributed by atoms with E-state index in [2.05, 4.69) is 25.8 Å². The minimum absolute atomic E-state index is 0.0286. The highest BCUT2D eigenvalue weighted by Crippen LogP contribution is 2.35. The minimum Gasteiger partial charge on any atom is -0.268 e. The summed E-state index contributed by atoms with van der Waals surface area (Å²) in [4.78, 5) is -0.450. The molecule has 0 aliphatic carbocycles. The van der Waals surface area contributed by atoms with Crippen LogP contribution in [0.5, 0.6) is 0 Å². The molecule has 0 spiro atoms. The summed E-state index contributed by atoms with van der Waals surface area (Å²) in [6.07, 6.45) is -4.47. The third-order valence-corrected chi connectivity index (χ3v) is 5.85. The van der Waals surface area contributed by atoms with Gasteiger partial charge in [-0.3, -0.25) is 4.68 Å². The lowest BCUT2D eigenvalue weighted by atomic mass is 10.3. The second-order valence-corrected chi connectivity index (χ2v) is 7.86. The van der Waals surface area contributed by atoms with Crippen LogP contribution in [0.4, 0.5) is 22.0 Å². The standard InChI is InChI=1S/C14H13BrF5N3O2S/c1-8-12(15)13(14(18,19)20)22-23(8)6-2-5-21-26(24,25)9-3-4-10(16)11(17)7-9/h3-4,7,21H,2,5-6H2,1H3. The Balaban J connectivity index is 1.99.